The molecular weight excluding hydrogens is 392 g/mol. The van der Waals surface area contributed by atoms with Gasteiger partial charge in [-0.15, -0.1) is 0 Å². The Morgan fingerprint density at radius 1 is 1.10 bits per heavy atom. The quantitative estimate of drug-likeness (QED) is 0.468. The molecule has 2 aliphatic rings. The Kier molecular flexibility index (Phi) is 4.36. The summed E-state index contributed by atoms with van der Waals surface area (Å²) in [6, 6.07) is 3.34. The molecule has 0 spiro atoms. The van der Waals surface area contributed by atoms with E-state index < -0.39 is 46.3 Å². The van der Waals surface area contributed by atoms with Crippen LogP contribution in [0, 0.1) is 0 Å². The number of carbonyl (C=O) groups excluding carboxylic acids is 3. The first-order valence-electron chi connectivity index (χ1n) is 9.49. The highest BCUT2D eigenvalue weighted by atomic mass is 16.5. The fourth-order valence-electron chi connectivity index (χ4n) is 4.58. The number of aromatic hydroxyl groups is 3. The maximum absolute atomic E-state index is 13.1. The van der Waals surface area contributed by atoms with E-state index >= 15 is 0 Å². The zero-order chi connectivity index (χ0) is 22.0. The zero-order valence-corrected chi connectivity index (χ0v) is 16.4. The van der Waals surface area contributed by atoms with Crippen molar-refractivity contribution in [3.8, 4) is 17.2 Å². The molecule has 156 valence electrons. The predicted octanol–water partition coefficient (Wildman–Crippen LogP) is 1.92. The van der Waals surface area contributed by atoms with Crippen molar-refractivity contribution in [2.24, 2.45) is 0 Å². The largest absolute Gasteiger partial charge is 0.508 e. The first kappa shape index (κ1) is 19.9. The maximum atomic E-state index is 13.1. The Bertz CT molecular complexity index is 1130. The van der Waals surface area contributed by atoms with Gasteiger partial charge in [0, 0.05) is 17.2 Å². The fourth-order valence-corrected chi connectivity index (χ4v) is 4.58. The monoisotopic (exact) mass is 412 g/mol. The minimum absolute atomic E-state index is 0.153. The number of benzene rings is 2. The third-order valence-corrected chi connectivity index (χ3v) is 6.19. The summed E-state index contributed by atoms with van der Waals surface area (Å²) in [6.07, 6.45) is 0.574. The lowest BCUT2D eigenvalue weighted by molar-refractivity contribution is -0.151. The number of ketones is 2. The van der Waals surface area contributed by atoms with Crippen LogP contribution in [0.3, 0.4) is 0 Å². The van der Waals surface area contributed by atoms with Gasteiger partial charge in [0.15, 0.2) is 5.78 Å². The van der Waals surface area contributed by atoms with Gasteiger partial charge in [0.1, 0.15) is 23.2 Å². The van der Waals surface area contributed by atoms with Crippen molar-refractivity contribution in [2.45, 2.75) is 37.7 Å². The van der Waals surface area contributed by atoms with Crippen LogP contribution in [0.2, 0.25) is 0 Å². The number of rotatable bonds is 2. The normalized spacial score (nSPS) is 22.2. The van der Waals surface area contributed by atoms with Crippen LogP contribution in [0.4, 0.5) is 0 Å². The molecule has 8 heteroatoms. The van der Waals surface area contributed by atoms with E-state index in [1.165, 1.54) is 13.2 Å². The maximum Gasteiger partial charge on any atom is 0.316 e. The molecule has 30 heavy (non-hydrogen) atoms. The molecule has 0 saturated carbocycles. The van der Waals surface area contributed by atoms with Crippen LogP contribution in [0.15, 0.2) is 18.2 Å². The minimum atomic E-state index is -1.43. The van der Waals surface area contributed by atoms with Crippen molar-refractivity contribution in [1.29, 1.82) is 0 Å². The van der Waals surface area contributed by atoms with Gasteiger partial charge in [-0.25, -0.2) is 0 Å². The molecule has 0 aromatic heterocycles. The molecular formula is C22H20O8. The molecule has 2 atom stereocenters. The van der Waals surface area contributed by atoms with Crippen LogP contribution in [0.25, 0.3) is 0 Å². The van der Waals surface area contributed by atoms with Crippen molar-refractivity contribution in [3.63, 3.8) is 0 Å². The molecule has 4 N–H and O–H groups in total. The highest BCUT2D eigenvalue weighted by molar-refractivity contribution is 6.30. The van der Waals surface area contributed by atoms with Gasteiger partial charge in [0.2, 0.25) is 5.78 Å². The Hall–Kier alpha value is -3.39. The molecule has 0 saturated heterocycles. The molecule has 0 bridgehead atoms. The molecule has 0 fully saturated rings. The number of ether oxygens (including phenoxy) is 1. The van der Waals surface area contributed by atoms with Crippen LogP contribution in [-0.2, 0) is 16.0 Å². The summed E-state index contributed by atoms with van der Waals surface area (Å²) in [5.41, 5.74) is -1.86. The number of phenolic OH excluding ortho intramolecular Hbond substituents is 3. The number of hydrogen-bond acceptors (Lipinski definition) is 8. The Morgan fingerprint density at radius 2 is 1.77 bits per heavy atom. The lowest BCUT2D eigenvalue weighted by Gasteiger charge is -2.40. The lowest BCUT2D eigenvalue weighted by Crippen LogP contribution is -2.44. The summed E-state index contributed by atoms with van der Waals surface area (Å²) in [6.45, 7) is 1.72. The van der Waals surface area contributed by atoms with Crippen molar-refractivity contribution >= 4 is 17.5 Å². The Balaban J connectivity index is 2.01. The second-order valence-electron chi connectivity index (χ2n) is 7.67. The molecule has 2 aromatic carbocycles. The van der Waals surface area contributed by atoms with Gasteiger partial charge in [-0.3, -0.25) is 14.4 Å². The standard InChI is InChI=1S/C22H20O8/c1-3-22(29)5-4-10-11(17(22)21(28)30-2)8-13-16(19(10)26)20(27)15-12(18(13)25)6-9(23)7-14(15)24/h6-8,17,23-24,26,29H,3-5H2,1-2H3/t17-,22+/m0/s1. The summed E-state index contributed by atoms with van der Waals surface area (Å²) < 4.78 is 4.86. The van der Waals surface area contributed by atoms with E-state index in [0.29, 0.717) is 0 Å². The van der Waals surface area contributed by atoms with E-state index in [0.717, 1.165) is 12.1 Å². The van der Waals surface area contributed by atoms with Gasteiger partial charge in [0.25, 0.3) is 0 Å². The SMILES string of the molecule is CC[C@@]1(O)CCc2c(cc3c(c2O)C(=O)c2c(O)cc(O)cc2C3=O)[C@H]1C(=O)OC. The van der Waals surface area contributed by atoms with E-state index in [9.17, 15) is 34.8 Å². The summed E-state index contributed by atoms with van der Waals surface area (Å²) in [5.74, 6) is -4.74. The molecule has 0 radical (unpaired) electrons. The summed E-state index contributed by atoms with van der Waals surface area (Å²) >= 11 is 0. The van der Waals surface area contributed by atoms with E-state index in [1.807, 2.05) is 0 Å². The van der Waals surface area contributed by atoms with Gasteiger partial charge < -0.3 is 25.2 Å². The van der Waals surface area contributed by atoms with Gasteiger partial charge in [-0.1, -0.05) is 6.92 Å². The van der Waals surface area contributed by atoms with Gasteiger partial charge >= 0.3 is 5.97 Å². The van der Waals surface area contributed by atoms with Crippen LogP contribution in [0.5, 0.6) is 17.2 Å². The van der Waals surface area contributed by atoms with Gasteiger partial charge in [-0.05, 0) is 42.5 Å². The number of phenols is 3. The number of methoxy groups -OCH3 is 1. The average molecular weight is 412 g/mol. The van der Waals surface area contributed by atoms with Crippen LogP contribution in [-0.4, -0.2) is 50.7 Å². The fraction of sp³-hybridized carbons (Fsp3) is 0.318. The van der Waals surface area contributed by atoms with Crippen molar-refractivity contribution in [2.75, 3.05) is 7.11 Å². The van der Waals surface area contributed by atoms with Crippen molar-refractivity contribution in [3.05, 3.63) is 51.6 Å². The molecule has 0 aliphatic heterocycles. The number of hydrogen-bond donors (Lipinski definition) is 4. The van der Waals surface area contributed by atoms with Crippen molar-refractivity contribution in [1.82, 2.24) is 0 Å². The second kappa shape index (κ2) is 6.56. The molecule has 4 rings (SSSR count). The second-order valence-corrected chi connectivity index (χ2v) is 7.67. The summed E-state index contributed by atoms with van der Waals surface area (Å²) in [4.78, 5) is 38.7. The van der Waals surface area contributed by atoms with E-state index in [1.54, 1.807) is 6.92 Å². The van der Waals surface area contributed by atoms with Gasteiger partial charge in [0.05, 0.1) is 23.8 Å². The van der Waals surface area contributed by atoms with Crippen LogP contribution >= 0.6 is 0 Å². The molecule has 0 unspecified atom stereocenters. The van der Waals surface area contributed by atoms with E-state index in [2.05, 4.69) is 0 Å². The number of carbonyl (C=O) groups is 3. The summed E-state index contributed by atoms with van der Waals surface area (Å²) in [7, 11) is 1.18. The number of aliphatic hydroxyl groups is 1. The first-order valence-corrected chi connectivity index (χ1v) is 9.49. The minimum Gasteiger partial charge on any atom is -0.508 e. The molecule has 0 amide bonds. The topological polar surface area (TPSA) is 141 Å². The highest BCUT2D eigenvalue weighted by Crippen LogP contribution is 2.48. The van der Waals surface area contributed by atoms with Crippen LogP contribution in [0.1, 0.15) is 68.7 Å². The first-order chi connectivity index (χ1) is 14.1. The molecule has 2 aromatic rings. The van der Waals surface area contributed by atoms with Gasteiger partial charge in [-0.2, -0.15) is 0 Å². The molecule has 8 nitrogen and oxygen atoms in total. The van der Waals surface area contributed by atoms with Crippen LogP contribution < -0.4 is 0 Å². The Labute approximate surface area is 171 Å². The summed E-state index contributed by atoms with van der Waals surface area (Å²) in [5, 5.41) is 41.8. The molecule has 2 aliphatic carbocycles. The van der Waals surface area contributed by atoms with Crippen molar-refractivity contribution < 1.29 is 39.5 Å². The van der Waals surface area contributed by atoms with E-state index in [4.69, 9.17) is 4.74 Å². The van der Waals surface area contributed by atoms with E-state index in [-0.39, 0.29) is 52.6 Å². The predicted molar refractivity (Wildman–Crippen MR) is 103 cm³/mol. The lowest BCUT2D eigenvalue weighted by atomic mass is 9.68. The Morgan fingerprint density at radius 3 is 2.40 bits per heavy atom. The average Bonchev–Trinajstić information content (AvgIpc) is 2.70. The third kappa shape index (κ3) is 2.53. The number of fused-ring (bicyclic) bond motifs is 3. The third-order valence-electron chi connectivity index (χ3n) is 6.19. The zero-order valence-electron chi connectivity index (χ0n) is 16.4. The smallest absolute Gasteiger partial charge is 0.316 e. The number of esters is 1. The highest BCUT2D eigenvalue weighted by Gasteiger charge is 2.48. The molecule has 0 heterocycles.